The largest absolute Gasteiger partial charge is 0.490 e. The summed E-state index contributed by atoms with van der Waals surface area (Å²) in [6.45, 7) is 7.42. The molecular formula is C35H53N5O6. The number of nitrogens with zero attached hydrogens (tertiary/aromatic N) is 3. The minimum atomic E-state index is -0.503. The third-order valence-electron chi connectivity index (χ3n) is 8.17. The lowest BCUT2D eigenvalue weighted by Gasteiger charge is -2.35. The highest BCUT2D eigenvalue weighted by molar-refractivity contribution is 5.99. The van der Waals surface area contributed by atoms with Crippen LogP contribution in [0.5, 0.6) is 5.75 Å². The molecule has 2 aromatic carbocycles. The average Bonchev–Trinajstić information content (AvgIpc) is 3.02. The second kappa shape index (κ2) is 18.5. The molecule has 0 bridgehead atoms. The molecule has 1 aliphatic rings. The van der Waals surface area contributed by atoms with Crippen LogP contribution in [0.1, 0.15) is 63.2 Å². The molecule has 0 aliphatic carbocycles. The van der Waals surface area contributed by atoms with Gasteiger partial charge in [0.25, 0.3) is 5.91 Å². The van der Waals surface area contributed by atoms with Gasteiger partial charge in [-0.15, -0.1) is 0 Å². The highest BCUT2D eigenvalue weighted by Crippen LogP contribution is 2.28. The molecule has 2 aromatic rings. The number of ether oxygens (including phenoxy) is 2. The number of anilines is 2. The number of aliphatic hydroxyl groups excluding tert-OH is 1. The Balaban J connectivity index is 1.86. The van der Waals surface area contributed by atoms with Gasteiger partial charge in [0.1, 0.15) is 5.75 Å². The summed E-state index contributed by atoms with van der Waals surface area (Å²) in [7, 11) is 5.66. The molecule has 46 heavy (non-hydrogen) atoms. The molecule has 11 heteroatoms. The van der Waals surface area contributed by atoms with E-state index in [2.05, 4.69) is 10.6 Å². The van der Waals surface area contributed by atoms with Crippen molar-refractivity contribution in [1.82, 2.24) is 14.7 Å². The summed E-state index contributed by atoms with van der Waals surface area (Å²) in [5.41, 5.74) is 1.53. The number of amides is 4. The van der Waals surface area contributed by atoms with Gasteiger partial charge in [0.15, 0.2) is 0 Å². The van der Waals surface area contributed by atoms with Crippen LogP contribution in [0.2, 0.25) is 0 Å². The van der Waals surface area contributed by atoms with Crippen molar-refractivity contribution in [3.8, 4) is 5.75 Å². The molecule has 1 aliphatic heterocycles. The lowest BCUT2D eigenvalue weighted by Crippen LogP contribution is -2.48. The van der Waals surface area contributed by atoms with Crippen LogP contribution in [-0.4, -0.2) is 110 Å². The first-order valence-electron chi connectivity index (χ1n) is 16.3. The Kier molecular flexibility index (Phi) is 14.8. The van der Waals surface area contributed by atoms with Crippen LogP contribution in [0.25, 0.3) is 0 Å². The van der Waals surface area contributed by atoms with Crippen LogP contribution in [0.4, 0.5) is 16.2 Å². The van der Waals surface area contributed by atoms with E-state index in [-0.39, 0.29) is 49.1 Å². The van der Waals surface area contributed by atoms with Crippen molar-refractivity contribution in [2.75, 3.05) is 64.6 Å². The third-order valence-corrected chi connectivity index (χ3v) is 8.17. The van der Waals surface area contributed by atoms with E-state index in [0.717, 1.165) is 32.2 Å². The molecule has 4 atom stereocenters. The molecule has 0 aromatic heterocycles. The first kappa shape index (κ1) is 36.8. The third kappa shape index (κ3) is 11.6. The standard InChI is InChI=1S/C35H53N5O6/c1-25-22-40(26(2)24-41)34(43)30-21-29(36-33(42)16-12-19-38(4)5)17-18-31(30)46-27(3)13-10-11-20-45-32(25)23-39(6)35(44)37-28-14-8-7-9-15-28/h7-9,14-15,17-18,21,25-27,32,41H,10-13,16,19-20,22-24H2,1-6H3,(H,36,42)(H,37,44)/t25-,26-,27+,32+/m0/s1. The number of aliphatic hydroxyl groups is 1. The fraction of sp³-hybridized carbons (Fsp3) is 0.571. The molecule has 1 heterocycles. The number of urea groups is 1. The minimum Gasteiger partial charge on any atom is -0.490 e. The lowest BCUT2D eigenvalue weighted by molar-refractivity contribution is -0.116. The van der Waals surface area contributed by atoms with E-state index in [1.807, 2.05) is 63.2 Å². The number of likely N-dealkylation sites (N-methyl/N-ethyl adjacent to an activating group) is 1. The molecule has 0 spiro atoms. The van der Waals surface area contributed by atoms with E-state index in [1.54, 1.807) is 42.0 Å². The maximum Gasteiger partial charge on any atom is 0.321 e. The second-order valence-corrected chi connectivity index (χ2v) is 12.6. The van der Waals surface area contributed by atoms with Gasteiger partial charge in [-0.3, -0.25) is 9.59 Å². The summed E-state index contributed by atoms with van der Waals surface area (Å²) in [5, 5.41) is 16.0. The van der Waals surface area contributed by atoms with E-state index in [1.165, 1.54) is 0 Å². The number of carbonyl (C=O) groups excluding carboxylic acids is 3. The van der Waals surface area contributed by atoms with Gasteiger partial charge in [-0.05, 0) is 90.5 Å². The molecule has 0 unspecified atom stereocenters. The fourth-order valence-corrected chi connectivity index (χ4v) is 5.34. The Morgan fingerprint density at radius 2 is 1.78 bits per heavy atom. The van der Waals surface area contributed by atoms with Gasteiger partial charge in [0.2, 0.25) is 5.91 Å². The number of benzene rings is 2. The molecule has 0 saturated carbocycles. The average molecular weight is 640 g/mol. The van der Waals surface area contributed by atoms with Crippen LogP contribution in [0, 0.1) is 5.92 Å². The highest BCUT2D eigenvalue weighted by atomic mass is 16.5. The van der Waals surface area contributed by atoms with Gasteiger partial charge in [0, 0.05) is 50.5 Å². The molecule has 3 N–H and O–H groups in total. The Bertz CT molecular complexity index is 1260. The van der Waals surface area contributed by atoms with E-state index in [0.29, 0.717) is 42.3 Å². The number of hydrogen-bond acceptors (Lipinski definition) is 7. The normalized spacial score (nSPS) is 20.2. The smallest absolute Gasteiger partial charge is 0.321 e. The minimum absolute atomic E-state index is 0.126. The fourth-order valence-electron chi connectivity index (χ4n) is 5.34. The van der Waals surface area contributed by atoms with Crippen molar-refractivity contribution in [2.45, 2.75) is 71.1 Å². The first-order valence-corrected chi connectivity index (χ1v) is 16.3. The van der Waals surface area contributed by atoms with Gasteiger partial charge >= 0.3 is 6.03 Å². The number of carbonyl (C=O) groups is 3. The molecule has 0 radical (unpaired) electrons. The summed E-state index contributed by atoms with van der Waals surface area (Å²) < 4.78 is 12.6. The predicted octanol–water partition coefficient (Wildman–Crippen LogP) is 4.93. The zero-order chi connectivity index (χ0) is 33.6. The van der Waals surface area contributed by atoms with Crippen molar-refractivity contribution in [3.05, 3.63) is 54.1 Å². The van der Waals surface area contributed by atoms with E-state index < -0.39 is 6.04 Å². The number of para-hydroxylation sites is 1. The Morgan fingerprint density at radius 3 is 2.48 bits per heavy atom. The molecule has 0 saturated heterocycles. The van der Waals surface area contributed by atoms with Gasteiger partial charge in [0.05, 0.1) is 30.4 Å². The van der Waals surface area contributed by atoms with E-state index >= 15 is 0 Å². The molecular weight excluding hydrogens is 586 g/mol. The maximum atomic E-state index is 14.3. The number of nitrogens with one attached hydrogen (secondary N) is 2. The summed E-state index contributed by atoms with van der Waals surface area (Å²) in [6, 6.07) is 13.7. The van der Waals surface area contributed by atoms with E-state index in [4.69, 9.17) is 9.47 Å². The predicted molar refractivity (Wildman–Crippen MR) is 181 cm³/mol. The molecule has 4 amide bonds. The highest BCUT2D eigenvalue weighted by Gasteiger charge is 2.31. The zero-order valence-corrected chi connectivity index (χ0v) is 28.3. The molecule has 11 nitrogen and oxygen atoms in total. The summed E-state index contributed by atoms with van der Waals surface area (Å²) in [6.07, 6.45) is 3.00. The van der Waals surface area contributed by atoms with Crippen molar-refractivity contribution in [1.29, 1.82) is 0 Å². The number of rotatable bonds is 10. The number of hydrogen-bond donors (Lipinski definition) is 3. The summed E-state index contributed by atoms with van der Waals surface area (Å²) >= 11 is 0. The van der Waals surface area contributed by atoms with Crippen LogP contribution in [-0.2, 0) is 9.53 Å². The van der Waals surface area contributed by atoms with Crippen molar-refractivity contribution in [2.24, 2.45) is 5.92 Å². The molecule has 254 valence electrons. The summed E-state index contributed by atoms with van der Waals surface area (Å²) in [5.74, 6) is -0.187. The van der Waals surface area contributed by atoms with Gasteiger partial charge in [-0.2, -0.15) is 0 Å². The van der Waals surface area contributed by atoms with Gasteiger partial charge in [-0.1, -0.05) is 25.1 Å². The number of fused-ring (bicyclic) bond motifs is 1. The monoisotopic (exact) mass is 639 g/mol. The van der Waals surface area contributed by atoms with Gasteiger partial charge in [-0.25, -0.2) is 4.79 Å². The van der Waals surface area contributed by atoms with Crippen molar-refractivity contribution < 1.29 is 29.0 Å². The van der Waals surface area contributed by atoms with E-state index in [9.17, 15) is 19.5 Å². The Morgan fingerprint density at radius 1 is 1.04 bits per heavy atom. The quantitative estimate of drug-likeness (QED) is 0.337. The van der Waals surface area contributed by atoms with Crippen molar-refractivity contribution >= 4 is 29.2 Å². The first-order chi connectivity index (χ1) is 22.0. The molecule has 0 fully saturated rings. The summed E-state index contributed by atoms with van der Waals surface area (Å²) in [4.78, 5) is 45.2. The topological polar surface area (TPSA) is 124 Å². The SMILES string of the molecule is C[C@@H]1CCCCO[C@H](CN(C)C(=O)Nc2ccccc2)[C@@H](C)CN([C@@H](C)CO)C(=O)c2cc(NC(=O)CCCN(C)C)ccc2O1. The van der Waals surface area contributed by atoms with Gasteiger partial charge < -0.3 is 39.9 Å². The Labute approximate surface area is 274 Å². The molecule has 3 rings (SSSR count). The van der Waals surface area contributed by atoms with Crippen LogP contribution in [0.15, 0.2) is 48.5 Å². The second-order valence-electron chi connectivity index (χ2n) is 12.6. The maximum absolute atomic E-state index is 14.3. The zero-order valence-electron chi connectivity index (χ0n) is 28.3. The Hall–Kier alpha value is -3.67. The van der Waals surface area contributed by atoms with Crippen molar-refractivity contribution in [3.63, 3.8) is 0 Å². The van der Waals surface area contributed by atoms with Crippen LogP contribution < -0.4 is 15.4 Å². The lowest BCUT2D eigenvalue weighted by atomic mass is 10.0. The van der Waals surface area contributed by atoms with Crippen LogP contribution in [0.3, 0.4) is 0 Å². The van der Waals surface area contributed by atoms with Crippen LogP contribution >= 0.6 is 0 Å².